The Labute approximate surface area is 157 Å². The number of carbonyl (C=O) groups is 1. The van der Waals surface area contributed by atoms with E-state index < -0.39 is 29.1 Å². The van der Waals surface area contributed by atoms with Gasteiger partial charge in [0.05, 0.1) is 12.1 Å². The number of fused-ring (bicyclic) bond motifs is 1. The van der Waals surface area contributed by atoms with Gasteiger partial charge in [0, 0.05) is 6.20 Å². The lowest BCUT2D eigenvalue weighted by molar-refractivity contribution is -0.138. The molecule has 0 bridgehead atoms. The highest BCUT2D eigenvalue weighted by Gasteiger charge is 2.32. The fourth-order valence-corrected chi connectivity index (χ4v) is 2.44. The van der Waals surface area contributed by atoms with Gasteiger partial charge in [0.2, 0.25) is 0 Å². The molecule has 2 aromatic heterocycles. The summed E-state index contributed by atoms with van der Waals surface area (Å²) in [6.07, 6.45) is -3.64. The van der Waals surface area contributed by atoms with Gasteiger partial charge in [0.15, 0.2) is 17.1 Å². The van der Waals surface area contributed by atoms with Crippen LogP contribution in [0.4, 0.5) is 17.6 Å². The highest BCUT2D eigenvalue weighted by molar-refractivity contribution is 5.84. The average Bonchev–Trinajstić information content (AvgIpc) is 3.03. The lowest BCUT2D eigenvalue weighted by atomic mass is 10.1. The fraction of sp³-hybridized carbons (Fsp3) is 0.278. The molecule has 0 spiro atoms. The summed E-state index contributed by atoms with van der Waals surface area (Å²) in [7, 11) is 0. The number of amides is 1. The van der Waals surface area contributed by atoms with Crippen LogP contribution in [0.3, 0.4) is 0 Å². The topological polar surface area (TPSA) is 68.5 Å². The smallest absolute Gasteiger partial charge is 0.417 e. The zero-order valence-corrected chi connectivity index (χ0v) is 14.9. The van der Waals surface area contributed by atoms with Gasteiger partial charge in [-0.05, 0) is 50.2 Å². The van der Waals surface area contributed by atoms with Crippen LogP contribution in [0.25, 0.3) is 5.65 Å². The molecule has 3 rings (SSSR count). The van der Waals surface area contributed by atoms with Crippen molar-refractivity contribution in [2.45, 2.75) is 32.2 Å². The first-order valence-corrected chi connectivity index (χ1v) is 8.20. The van der Waals surface area contributed by atoms with Gasteiger partial charge in [0.25, 0.3) is 5.91 Å². The number of ether oxygens (including phenoxy) is 1. The Kier molecular flexibility index (Phi) is 4.97. The second kappa shape index (κ2) is 7.10. The van der Waals surface area contributed by atoms with Crippen molar-refractivity contribution in [3.8, 4) is 5.75 Å². The quantitative estimate of drug-likeness (QED) is 0.672. The van der Waals surface area contributed by atoms with E-state index in [0.717, 1.165) is 16.7 Å². The van der Waals surface area contributed by atoms with E-state index in [1.54, 1.807) is 0 Å². The number of alkyl halides is 3. The lowest BCUT2D eigenvalue weighted by Crippen LogP contribution is -2.46. The standard InChI is InChI=1S/C18H16F4N4O2/c1-17(2,28-13-6-4-12(19)5-7-13)16(27)23-9-15-25-24-14-8-3-11(10-26(14)15)18(20,21)22/h3-8,10H,9H2,1-2H3,(H,23,27). The van der Waals surface area contributed by atoms with Crippen LogP contribution in [-0.2, 0) is 17.5 Å². The van der Waals surface area contributed by atoms with Gasteiger partial charge in [-0.3, -0.25) is 9.20 Å². The summed E-state index contributed by atoms with van der Waals surface area (Å²) in [5, 5.41) is 10.2. The van der Waals surface area contributed by atoms with Crippen molar-refractivity contribution in [1.82, 2.24) is 19.9 Å². The average molecular weight is 396 g/mol. The highest BCUT2D eigenvalue weighted by Crippen LogP contribution is 2.29. The zero-order chi connectivity index (χ0) is 20.5. The van der Waals surface area contributed by atoms with Gasteiger partial charge < -0.3 is 10.1 Å². The van der Waals surface area contributed by atoms with E-state index >= 15 is 0 Å². The van der Waals surface area contributed by atoms with Gasteiger partial charge in [0.1, 0.15) is 11.6 Å². The normalized spacial score (nSPS) is 12.2. The number of hydrogen-bond acceptors (Lipinski definition) is 4. The summed E-state index contributed by atoms with van der Waals surface area (Å²) in [6.45, 7) is 2.86. The SMILES string of the molecule is CC(C)(Oc1ccc(F)cc1)C(=O)NCc1nnc2ccc(C(F)(F)F)cn12. The van der Waals surface area contributed by atoms with Crippen molar-refractivity contribution in [3.63, 3.8) is 0 Å². The van der Waals surface area contributed by atoms with E-state index in [2.05, 4.69) is 15.5 Å². The number of pyridine rings is 1. The van der Waals surface area contributed by atoms with E-state index in [1.165, 1.54) is 44.2 Å². The molecule has 0 aliphatic rings. The minimum absolute atomic E-state index is 0.132. The predicted molar refractivity (Wildman–Crippen MR) is 90.9 cm³/mol. The monoisotopic (exact) mass is 396 g/mol. The van der Waals surface area contributed by atoms with Crippen molar-refractivity contribution in [1.29, 1.82) is 0 Å². The second-order valence-electron chi connectivity index (χ2n) is 6.51. The molecule has 10 heteroatoms. The Bertz CT molecular complexity index is 997. The Morgan fingerprint density at radius 1 is 1.11 bits per heavy atom. The van der Waals surface area contributed by atoms with Gasteiger partial charge in [-0.2, -0.15) is 13.2 Å². The Hall–Kier alpha value is -3.17. The molecule has 28 heavy (non-hydrogen) atoms. The summed E-state index contributed by atoms with van der Waals surface area (Å²) in [5.41, 5.74) is -1.94. The molecule has 1 aromatic carbocycles. The molecule has 148 valence electrons. The Morgan fingerprint density at radius 2 is 1.79 bits per heavy atom. The molecule has 0 saturated heterocycles. The molecule has 0 aliphatic carbocycles. The van der Waals surface area contributed by atoms with Crippen molar-refractivity contribution >= 4 is 11.6 Å². The zero-order valence-electron chi connectivity index (χ0n) is 14.9. The number of halogens is 4. The molecule has 6 nitrogen and oxygen atoms in total. The molecular weight excluding hydrogens is 380 g/mol. The third-order valence-corrected chi connectivity index (χ3v) is 3.94. The number of nitrogens with one attached hydrogen (secondary N) is 1. The first-order valence-electron chi connectivity index (χ1n) is 8.20. The first-order chi connectivity index (χ1) is 13.1. The molecule has 0 saturated carbocycles. The maximum Gasteiger partial charge on any atom is 0.417 e. The molecular formula is C18H16F4N4O2. The van der Waals surface area contributed by atoms with Gasteiger partial charge in [-0.1, -0.05) is 0 Å². The van der Waals surface area contributed by atoms with Crippen LogP contribution in [0, 0.1) is 5.82 Å². The third-order valence-electron chi connectivity index (χ3n) is 3.94. The summed E-state index contributed by atoms with van der Waals surface area (Å²) >= 11 is 0. The molecule has 1 N–H and O–H groups in total. The molecule has 0 radical (unpaired) electrons. The van der Waals surface area contributed by atoms with E-state index in [0.29, 0.717) is 5.75 Å². The maximum atomic E-state index is 13.0. The Balaban J connectivity index is 1.72. The molecule has 3 aromatic rings. The number of nitrogens with zero attached hydrogens (tertiary/aromatic N) is 3. The number of hydrogen-bond donors (Lipinski definition) is 1. The van der Waals surface area contributed by atoms with E-state index in [-0.39, 0.29) is 18.0 Å². The fourth-order valence-electron chi connectivity index (χ4n) is 2.44. The van der Waals surface area contributed by atoms with Crippen LogP contribution in [0.15, 0.2) is 42.6 Å². The number of benzene rings is 1. The molecule has 2 heterocycles. The molecule has 0 atom stereocenters. The van der Waals surface area contributed by atoms with E-state index in [1.807, 2.05) is 0 Å². The first kappa shape index (κ1) is 19.6. The van der Waals surface area contributed by atoms with Gasteiger partial charge in [-0.15, -0.1) is 10.2 Å². The summed E-state index contributed by atoms with van der Waals surface area (Å²) < 4.78 is 58.4. The minimum Gasteiger partial charge on any atom is -0.478 e. The van der Waals surface area contributed by atoms with Crippen LogP contribution in [0.1, 0.15) is 25.2 Å². The Morgan fingerprint density at radius 3 is 2.43 bits per heavy atom. The molecule has 1 amide bonds. The van der Waals surface area contributed by atoms with Crippen molar-refractivity contribution in [3.05, 3.63) is 59.8 Å². The maximum absolute atomic E-state index is 13.0. The van der Waals surface area contributed by atoms with Gasteiger partial charge >= 0.3 is 6.18 Å². The molecule has 0 fully saturated rings. The van der Waals surface area contributed by atoms with Crippen molar-refractivity contribution in [2.24, 2.45) is 0 Å². The van der Waals surface area contributed by atoms with E-state index in [9.17, 15) is 22.4 Å². The summed E-state index contributed by atoms with van der Waals surface area (Å²) in [4.78, 5) is 12.4. The van der Waals surface area contributed by atoms with Crippen LogP contribution in [0.5, 0.6) is 5.75 Å². The van der Waals surface area contributed by atoms with Crippen LogP contribution in [-0.4, -0.2) is 26.1 Å². The minimum atomic E-state index is -4.51. The number of aromatic nitrogens is 3. The van der Waals surface area contributed by atoms with Crippen molar-refractivity contribution in [2.75, 3.05) is 0 Å². The van der Waals surface area contributed by atoms with Crippen LogP contribution < -0.4 is 10.1 Å². The second-order valence-corrected chi connectivity index (χ2v) is 6.51. The number of rotatable bonds is 5. The largest absolute Gasteiger partial charge is 0.478 e. The third kappa shape index (κ3) is 4.21. The van der Waals surface area contributed by atoms with Gasteiger partial charge in [-0.25, -0.2) is 4.39 Å². The number of carbonyl (C=O) groups excluding carboxylic acids is 1. The summed E-state index contributed by atoms with van der Waals surface area (Å²) in [6, 6.07) is 7.27. The van der Waals surface area contributed by atoms with E-state index in [4.69, 9.17) is 4.74 Å². The molecule has 0 aliphatic heterocycles. The predicted octanol–water partition coefficient (Wildman–Crippen LogP) is 3.36. The summed E-state index contributed by atoms with van der Waals surface area (Å²) in [5.74, 6) is -0.539. The lowest BCUT2D eigenvalue weighted by Gasteiger charge is -2.25. The highest BCUT2D eigenvalue weighted by atomic mass is 19.4. The van der Waals surface area contributed by atoms with Crippen LogP contribution >= 0.6 is 0 Å². The molecule has 0 unspecified atom stereocenters. The van der Waals surface area contributed by atoms with Crippen LogP contribution in [0.2, 0.25) is 0 Å². The van der Waals surface area contributed by atoms with Crippen molar-refractivity contribution < 1.29 is 27.1 Å².